The fourth-order valence-corrected chi connectivity index (χ4v) is 4.15. The van der Waals surface area contributed by atoms with Crippen molar-refractivity contribution in [2.45, 2.75) is 19.0 Å². The Labute approximate surface area is 181 Å². The van der Waals surface area contributed by atoms with Gasteiger partial charge in [-0.05, 0) is 18.6 Å². The van der Waals surface area contributed by atoms with E-state index in [0.717, 1.165) is 4.90 Å². The number of nitrogens with zero attached hydrogens (tertiary/aromatic N) is 3. The zero-order valence-corrected chi connectivity index (χ0v) is 17.4. The number of urea groups is 1. The predicted octanol–water partition coefficient (Wildman–Crippen LogP) is 2.63. The van der Waals surface area contributed by atoms with Gasteiger partial charge in [0.25, 0.3) is 11.8 Å². The zero-order valence-electron chi connectivity index (χ0n) is 16.6. The molecule has 31 heavy (non-hydrogen) atoms. The SMILES string of the molecule is CC1(c2ccccc2)NC(=O)N(CC(=O)N=c2sccn2Cc2ccccc2F)C1=O. The molecule has 1 atom stereocenters. The number of hydrogen-bond acceptors (Lipinski definition) is 4. The summed E-state index contributed by atoms with van der Waals surface area (Å²) in [5.41, 5.74) is -0.157. The first-order valence-electron chi connectivity index (χ1n) is 9.53. The van der Waals surface area contributed by atoms with E-state index in [2.05, 4.69) is 10.3 Å². The largest absolute Gasteiger partial charge is 0.325 e. The molecule has 4 amide bonds. The molecule has 2 heterocycles. The lowest BCUT2D eigenvalue weighted by Crippen LogP contribution is -2.41. The minimum Gasteiger partial charge on any atom is -0.319 e. The average Bonchev–Trinajstić information content (AvgIpc) is 3.28. The second-order valence-corrected chi connectivity index (χ2v) is 8.10. The molecule has 0 bridgehead atoms. The number of aromatic nitrogens is 1. The monoisotopic (exact) mass is 438 g/mol. The van der Waals surface area contributed by atoms with Crippen LogP contribution < -0.4 is 10.1 Å². The maximum Gasteiger partial charge on any atom is 0.325 e. The highest BCUT2D eigenvalue weighted by Crippen LogP contribution is 2.28. The summed E-state index contributed by atoms with van der Waals surface area (Å²) in [4.78, 5) is 43.2. The minimum atomic E-state index is -1.24. The van der Waals surface area contributed by atoms with Gasteiger partial charge in [0.15, 0.2) is 4.80 Å². The van der Waals surface area contributed by atoms with Crippen LogP contribution in [0.2, 0.25) is 0 Å². The van der Waals surface area contributed by atoms with Crippen LogP contribution in [0.25, 0.3) is 0 Å². The Morgan fingerprint density at radius 3 is 2.58 bits per heavy atom. The van der Waals surface area contributed by atoms with Crippen molar-refractivity contribution in [2.75, 3.05) is 6.54 Å². The summed E-state index contributed by atoms with van der Waals surface area (Å²) in [5.74, 6) is -1.51. The van der Waals surface area contributed by atoms with E-state index in [4.69, 9.17) is 0 Å². The molecule has 0 radical (unpaired) electrons. The normalized spacial score (nSPS) is 19.0. The van der Waals surface area contributed by atoms with Crippen LogP contribution in [0.3, 0.4) is 0 Å². The second kappa shape index (κ2) is 8.27. The Balaban J connectivity index is 1.53. The first-order chi connectivity index (χ1) is 14.9. The van der Waals surface area contributed by atoms with Gasteiger partial charge in [0.1, 0.15) is 17.9 Å². The highest BCUT2D eigenvalue weighted by molar-refractivity contribution is 7.07. The Morgan fingerprint density at radius 1 is 1.13 bits per heavy atom. The Bertz CT molecular complexity index is 1220. The fourth-order valence-electron chi connectivity index (χ4n) is 3.40. The van der Waals surface area contributed by atoms with Crippen molar-refractivity contribution in [3.05, 3.63) is 87.9 Å². The molecular formula is C22H19FN4O3S. The van der Waals surface area contributed by atoms with Crippen LogP contribution in [-0.2, 0) is 21.7 Å². The topological polar surface area (TPSA) is 83.8 Å². The molecule has 3 aromatic rings. The van der Waals surface area contributed by atoms with Crippen LogP contribution in [0.1, 0.15) is 18.1 Å². The van der Waals surface area contributed by atoms with Crippen molar-refractivity contribution < 1.29 is 18.8 Å². The lowest BCUT2D eigenvalue weighted by molar-refractivity contribution is -0.134. The summed E-state index contributed by atoms with van der Waals surface area (Å²) in [6.45, 7) is 1.33. The molecule has 1 unspecified atom stereocenters. The molecule has 0 aliphatic carbocycles. The van der Waals surface area contributed by atoms with E-state index in [-0.39, 0.29) is 12.4 Å². The quantitative estimate of drug-likeness (QED) is 0.622. The van der Waals surface area contributed by atoms with Gasteiger partial charge in [-0.1, -0.05) is 48.5 Å². The number of imide groups is 1. The number of carbonyl (C=O) groups excluding carboxylic acids is 3. The van der Waals surface area contributed by atoms with Crippen molar-refractivity contribution in [3.63, 3.8) is 0 Å². The fraction of sp³-hybridized carbons (Fsp3) is 0.182. The molecule has 158 valence electrons. The van der Waals surface area contributed by atoms with Crippen LogP contribution in [0, 0.1) is 5.82 Å². The van der Waals surface area contributed by atoms with E-state index < -0.39 is 29.9 Å². The minimum absolute atomic E-state index is 0.206. The Kier molecular flexibility index (Phi) is 5.51. The standard InChI is InChI=1S/C22H19FN4O3S/c1-22(16-8-3-2-4-9-16)19(29)27(20(30)25-22)14-18(28)24-21-26(11-12-31-21)13-15-7-5-6-10-17(15)23/h2-12H,13-14H2,1H3,(H,25,30). The van der Waals surface area contributed by atoms with Gasteiger partial charge in [0.05, 0.1) is 6.54 Å². The molecule has 1 saturated heterocycles. The summed E-state index contributed by atoms with van der Waals surface area (Å²) in [6.07, 6.45) is 1.70. The first-order valence-corrected chi connectivity index (χ1v) is 10.4. The molecule has 1 aliphatic rings. The van der Waals surface area contributed by atoms with E-state index >= 15 is 0 Å². The van der Waals surface area contributed by atoms with Gasteiger partial charge >= 0.3 is 6.03 Å². The summed E-state index contributed by atoms with van der Waals surface area (Å²) in [5, 5.41) is 4.39. The van der Waals surface area contributed by atoms with Gasteiger partial charge in [0, 0.05) is 17.1 Å². The maximum atomic E-state index is 13.9. The highest BCUT2D eigenvalue weighted by Gasteiger charge is 2.49. The lowest BCUT2D eigenvalue weighted by atomic mass is 9.92. The van der Waals surface area contributed by atoms with E-state index in [1.807, 2.05) is 6.07 Å². The van der Waals surface area contributed by atoms with Gasteiger partial charge in [-0.25, -0.2) is 9.18 Å². The van der Waals surface area contributed by atoms with Gasteiger partial charge < -0.3 is 9.88 Å². The lowest BCUT2D eigenvalue weighted by Gasteiger charge is -2.21. The third-order valence-electron chi connectivity index (χ3n) is 5.10. The number of amides is 4. The van der Waals surface area contributed by atoms with Crippen LogP contribution in [-0.4, -0.2) is 33.9 Å². The molecule has 9 heteroatoms. The van der Waals surface area contributed by atoms with Crippen LogP contribution >= 0.6 is 11.3 Å². The van der Waals surface area contributed by atoms with Gasteiger partial charge in [0.2, 0.25) is 0 Å². The molecule has 0 saturated carbocycles. The summed E-state index contributed by atoms with van der Waals surface area (Å²) in [7, 11) is 0. The molecule has 4 rings (SSSR count). The molecule has 1 N–H and O–H groups in total. The molecule has 1 fully saturated rings. The van der Waals surface area contributed by atoms with Crippen molar-refractivity contribution in [1.29, 1.82) is 0 Å². The van der Waals surface area contributed by atoms with E-state index in [1.54, 1.807) is 65.5 Å². The molecular weight excluding hydrogens is 419 g/mol. The van der Waals surface area contributed by atoms with Crippen molar-refractivity contribution in [2.24, 2.45) is 4.99 Å². The van der Waals surface area contributed by atoms with Crippen LogP contribution in [0.5, 0.6) is 0 Å². The first kappa shape index (κ1) is 20.7. The van der Waals surface area contributed by atoms with Gasteiger partial charge in [-0.3, -0.25) is 14.5 Å². The summed E-state index contributed by atoms with van der Waals surface area (Å²) in [6, 6.07) is 14.5. The van der Waals surface area contributed by atoms with Gasteiger partial charge in [-0.2, -0.15) is 4.99 Å². The number of thiazole rings is 1. The van der Waals surface area contributed by atoms with Crippen molar-refractivity contribution >= 4 is 29.2 Å². The molecule has 0 spiro atoms. The zero-order chi connectivity index (χ0) is 22.0. The van der Waals surface area contributed by atoms with Crippen LogP contribution in [0.4, 0.5) is 9.18 Å². The summed E-state index contributed by atoms with van der Waals surface area (Å²) >= 11 is 1.21. The average molecular weight is 438 g/mol. The highest BCUT2D eigenvalue weighted by atomic mass is 32.1. The third-order valence-corrected chi connectivity index (χ3v) is 5.89. The van der Waals surface area contributed by atoms with Gasteiger partial charge in [-0.15, -0.1) is 11.3 Å². The second-order valence-electron chi connectivity index (χ2n) is 7.22. The number of rotatable bonds is 5. The smallest absolute Gasteiger partial charge is 0.319 e. The molecule has 2 aromatic carbocycles. The van der Waals surface area contributed by atoms with Crippen LogP contribution in [0.15, 0.2) is 71.2 Å². The number of nitrogens with one attached hydrogen (secondary N) is 1. The number of carbonyl (C=O) groups is 3. The number of halogens is 1. The maximum absolute atomic E-state index is 13.9. The Hall–Kier alpha value is -3.59. The van der Waals surface area contributed by atoms with Crippen molar-refractivity contribution in [3.8, 4) is 0 Å². The van der Waals surface area contributed by atoms with E-state index in [9.17, 15) is 18.8 Å². The van der Waals surface area contributed by atoms with E-state index in [1.165, 1.54) is 17.4 Å². The predicted molar refractivity (Wildman–Crippen MR) is 112 cm³/mol. The Morgan fingerprint density at radius 2 is 1.84 bits per heavy atom. The summed E-state index contributed by atoms with van der Waals surface area (Å²) < 4.78 is 15.6. The third kappa shape index (κ3) is 4.04. The number of hydrogen-bond donors (Lipinski definition) is 1. The molecule has 7 nitrogen and oxygen atoms in total. The number of benzene rings is 2. The molecule has 1 aliphatic heterocycles. The molecule has 1 aromatic heterocycles. The van der Waals surface area contributed by atoms with Crippen molar-refractivity contribution in [1.82, 2.24) is 14.8 Å². The van der Waals surface area contributed by atoms with E-state index in [0.29, 0.717) is 15.9 Å².